The molecule has 11 heavy (non-hydrogen) atoms. The maximum Gasteiger partial charge on any atom is 0.156 e. The van der Waals surface area contributed by atoms with E-state index in [2.05, 4.69) is 0 Å². The molecule has 1 rings (SSSR count). The third-order valence-corrected chi connectivity index (χ3v) is 1.81. The van der Waals surface area contributed by atoms with Crippen LogP contribution < -0.4 is 0 Å². The van der Waals surface area contributed by atoms with Crippen LogP contribution in [-0.2, 0) is 9.47 Å². The first kappa shape index (κ1) is 8.68. The molecule has 0 aromatic carbocycles. The Morgan fingerprint density at radius 2 is 2.55 bits per heavy atom. The predicted octanol–water partition coefficient (Wildman–Crippen LogP) is 1.69. The summed E-state index contributed by atoms with van der Waals surface area (Å²) in [5.41, 5.74) is 0. The molecule has 0 N–H and O–H groups in total. The number of allylic oxidation sites excluding steroid dienone is 1. The van der Waals surface area contributed by atoms with Gasteiger partial charge in [0.2, 0.25) is 0 Å². The van der Waals surface area contributed by atoms with Gasteiger partial charge in [-0.15, -0.1) is 0 Å². The lowest BCUT2D eigenvalue weighted by molar-refractivity contribution is 0.0382. The fraction of sp³-hybridized carbons (Fsp3) is 0.625. The van der Waals surface area contributed by atoms with Crippen LogP contribution in [0.2, 0.25) is 0 Å². The first-order valence-electron chi connectivity index (χ1n) is 3.70. The summed E-state index contributed by atoms with van der Waals surface area (Å²) in [6.45, 7) is 4.56. The Bertz CT molecular complexity index is 177. The number of thiocarbonyl (C=S) groups is 1. The van der Waals surface area contributed by atoms with E-state index in [0.717, 1.165) is 5.76 Å². The molecule has 0 aromatic heterocycles. The molecule has 0 spiro atoms. The van der Waals surface area contributed by atoms with Gasteiger partial charge in [0.1, 0.15) is 6.10 Å². The third-order valence-electron chi connectivity index (χ3n) is 1.54. The molecule has 0 saturated heterocycles. The molecule has 1 aliphatic rings. The Balaban J connectivity index is 2.53. The molecule has 2 nitrogen and oxygen atoms in total. The van der Waals surface area contributed by atoms with Crippen molar-refractivity contribution in [1.29, 1.82) is 0 Å². The smallest absolute Gasteiger partial charge is 0.156 e. The number of ether oxygens (including phenoxy) is 2. The maximum absolute atomic E-state index is 5.38. The number of hydrogen-bond donors (Lipinski definition) is 0. The average molecular weight is 172 g/mol. The van der Waals surface area contributed by atoms with Crippen LogP contribution in [0.5, 0.6) is 0 Å². The van der Waals surface area contributed by atoms with Crippen molar-refractivity contribution in [1.82, 2.24) is 0 Å². The Hall–Kier alpha value is -0.410. The SMILES string of the molecule is CCOC1C=C(C)OC1C=S. The van der Waals surface area contributed by atoms with Crippen LogP contribution in [0.4, 0.5) is 0 Å². The largest absolute Gasteiger partial charge is 0.487 e. The summed E-state index contributed by atoms with van der Waals surface area (Å²) in [7, 11) is 0. The summed E-state index contributed by atoms with van der Waals surface area (Å²) in [5.74, 6) is 0.898. The monoisotopic (exact) mass is 172 g/mol. The molecular formula is C8H12O2S. The highest BCUT2D eigenvalue weighted by molar-refractivity contribution is 7.79. The van der Waals surface area contributed by atoms with Crippen LogP contribution in [-0.4, -0.2) is 24.2 Å². The van der Waals surface area contributed by atoms with Gasteiger partial charge in [0, 0.05) is 12.0 Å². The summed E-state index contributed by atoms with van der Waals surface area (Å²) in [6, 6.07) is 0. The highest BCUT2D eigenvalue weighted by Gasteiger charge is 2.25. The first-order chi connectivity index (χ1) is 5.27. The summed E-state index contributed by atoms with van der Waals surface area (Å²) in [5, 5.41) is 1.60. The highest BCUT2D eigenvalue weighted by Crippen LogP contribution is 2.18. The van der Waals surface area contributed by atoms with E-state index in [9.17, 15) is 0 Å². The minimum absolute atomic E-state index is 0.0255. The molecule has 1 aliphatic heterocycles. The zero-order valence-electron chi connectivity index (χ0n) is 6.74. The Labute approximate surface area is 72.2 Å². The van der Waals surface area contributed by atoms with Crippen LogP contribution in [0, 0.1) is 0 Å². The number of rotatable bonds is 3. The van der Waals surface area contributed by atoms with Crippen molar-refractivity contribution >= 4 is 17.6 Å². The average Bonchev–Trinajstić information content (AvgIpc) is 2.32. The van der Waals surface area contributed by atoms with Gasteiger partial charge in [-0.2, -0.15) is 0 Å². The van der Waals surface area contributed by atoms with Crippen LogP contribution >= 0.6 is 12.2 Å². The molecule has 1 heterocycles. The van der Waals surface area contributed by atoms with Crippen LogP contribution in [0.1, 0.15) is 13.8 Å². The van der Waals surface area contributed by atoms with E-state index < -0.39 is 0 Å². The fourth-order valence-corrected chi connectivity index (χ4v) is 1.30. The van der Waals surface area contributed by atoms with Gasteiger partial charge in [-0.05, 0) is 19.9 Å². The lowest BCUT2D eigenvalue weighted by atomic mass is 10.2. The highest BCUT2D eigenvalue weighted by atomic mass is 32.1. The molecule has 0 amide bonds. The van der Waals surface area contributed by atoms with Gasteiger partial charge in [0.05, 0.1) is 5.76 Å². The van der Waals surface area contributed by atoms with Crippen molar-refractivity contribution in [2.24, 2.45) is 0 Å². The molecule has 62 valence electrons. The standard InChI is InChI=1S/C8H12O2S/c1-3-9-7-4-6(2)10-8(7)5-11/h4-5,7-8H,3H2,1-2H3. The lowest BCUT2D eigenvalue weighted by Crippen LogP contribution is -2.25. The molecule has 0 aromatic rings. The summed E-state index contributed by atoms with van der Waals surface area (Å²) >= 11 is 4.79. The number of hydrogen-bond acceptors (Lipinski definition) is 3. The predicted molar refractivity (Wildman–Crippen MR) is 47.7 cm³/mol. The van der Waals surface area contributed by atoms with Gasteiger partial charge in [-0.3, -0.25) is 0 Å². The van der Waals surface area contributed by atoms with Gasteiger partial charge in [-0.25, -0.2) is 0 Å². The second-order valence-electron chi connectivity index (χ2n) is 2.42. The van der Waals surface area contributed by atoms with Crippen LogP contribution in [0.3, 0.4) is 0 Å². The molecule has 3 heteroatoms. The first-order valence-corrected chi connectivity index (χ1v) is 4.17. The molecule has 0 saturated carbocycles. The summed E-state index contributed by atoms with van der Waals surface area (Å²) in [4.78, 5) is 0. The molecule has 0 radical (unpaired) electrons. The van der Waals surface area contributed by atoms with Crippen molar-refractivity contribution in [3.63, 3.8) is 0 Å². The molecule has 0 bridgehead atoms. The van der Waals surface area contributed by atoms with Crippen LogP contribution in [0.15, 0.2) is 11.8 Å². The van der Waals surface area contributed by atoms with E-state index in [0.29, 0.717) is 6.61 Å². The second kappa shape index (κ2) is 3.83. The summed E-state index contributed by atoms with van der Waals surface area (Å²) in [6.07, 6.45) is 1.92. The fourth-order valence-electron chi connectivity index (χ4n) is 1.09. The Kier molecular flexibility index (Phi) is 3.02. The lowest BCUT2D eigenvalue weighted by Gasteiger charge is -2.13. The normalized spacial score (nSPS) is 29.5. The molecular weight excluding hydrogens is 160 g/mol. The van der Waals surface area contributed by atoms with Crippen molar-refractivity contribution in [3.05, 3.63) is 11.8 Å². The van der Waals surface area contributed by atoms with Gasteiger partial charge in [0.25, 0.3) is 0 Å². The summed E-state index contributed by atoms with van der Waals surface area (Å²) < 4.78 is 10.7. The third kappa shape index (κ3) is 2.01. The van der Waals surface area contributed by atoms with E-state index in [1.54, 1.807) is 5.37 Å². The minimum atomic E-state index is -0.0649. The van der Waals surface area contributed by atoms with Gasteiger partial charge in [-0.1, -0.05) is 12.2 Å². The Morgan fingerprint density at radius 1 is 1.82 bits per heavy atom. The van der Waals surface area contributed by atoms with E-state index in [4.69, 9.17) is 21.7 Å². The molecule has 2 unspecified atom stereocenters. The minimum Gasteiger partial charge on any atom is -0.487 e. The van der Waals surface area contributed by atoms with Crippen molar-refractivity contribution < 1.29 is 9.47 Å². The van der Waals surface area contributed by atoms with Gasteiger partial charge >= 0.3 is 0 Å². The topological polar surface area (TPSA) is 18.5 Å². The van der Waals surface area contributed by atoms with Crippen molar-refractivity contribution in [2.75, 3.05) is 6.61 Å². The molecule has 0 aliphatic carbocycles. The van der Waals surface area contributed by atoms with Gasteiger partial charge < -0.3 is 9.47 Å². The molecule has 0 fully saturated rings. The second-order valence-corrected chi connectivity index (χ2v) is 2.69. The van der Waals surface area contributed by atoms with Crippen LogP contribution in [0.25, 0.3) is 0 Å². The van der Waals surface area contributed by atoms with E-state index >= 15 is 0 Å². The quantitative estimate of drug-likeness (QED) is 0.604. The van der Waals surface area contributed by atoms with E-state index in [1.807, 2.05) is 19.9 Å². The van der Waals surface area contributed by atoms with E-state index in [1.165, 1.54) is 0 Å². The zero-order valence-corrected chi connectivity index (χ0v) is 7.56. The molecule has 2 atom stereocenters. The maximum atomic E-state index is 5.38. The Morgan fingerprint density at radius 3 is 3.09 bits per heavy atom. The van der Waals surface area contributed by atoms with E-state index in [-0.39, 0.29) is 12.2 Å². The van der Waals surface area contributed by atoms with Gasteiger partial charge in [0.15, 0.2) is 6.10 Å². The van der Waals surface area contributed by atoms with Crippen molar-refractivity contribution in [3.8, 4) is 0 Å². The van der Waals surface area contributed by atoms with Crippen molar-refractivity contribution in [2.45, 2.75) is 26.1 Å². The zero-order chi connectivity index (χ0) is 8.27.